The molecule has 0 amide bonds. The molecule has 0 fully saturated rings. The lowest BCUT2D eigenvalue weighted by atomic mass is 9.73. The van der Waals surface area contributed by atoms with Gasteiger partial charge >= 0.3 is 0 Å². The number of halogens is 1. The molecule has 3 N–H and O–H groups in total. The fraction of sp³-hybridized carbons (Fsp3) is 0.333. The third kappa shape index (κ3) is 2.94. The lowest BCUT2D eigenvalue weighted by Gasteiger charge is -2.36. The summed E-state index contributed by atoms with van der Waals surface area (Å²) in [6.07, 6.45) is 2.09. The molecule has 0 radical (unpaired) electrons. The molecular weight excluding hydrogens is 392 g/mol. The third-order valence-electron chi connectivity index (χ3n) is 4.72. The highest BCUT2D eigenvalue weighted by molar-refractivity contribution is 9.10. The predicted octanol–water partition coefficient (Wildman–Crippen LogP) is 4.67. The molecule has 4 rings (SSSR count). The maximum Gasteiger partial charge on any atom is 0.132 e. The second-order valence-electron chi connectivity index (χ2n) is 8.17. The minimum atomic E-state index is -0.363. The Kier molecular flexibility index (Phi) is 3.95. The number of fused-ring (bicyclic) bond motifs is 4. The zero-order valence-electron chi connectivity index (χ0n) is 15.2. The molecule has 2 heterocycles. The summed E-state index contributed by atoms with van der Waals surface area (Å²) in [5.41, 5.74) is 8.02. The van der Waals surface area contributed by atoms with Crippen LogP contribution in [0.1, 0.15) is 31.9 Å². The van der Waals surface area contributed by atoms with Crippen LogP contribution in [-0.4, -0.2) is 13.2 Å². The van der Waals surface area contributed by atoms with Gasteiger partial charge in [-0.15, -0.1) is 0 Å². The molecule has 5 heteroatoms. The lowest BCUT2D eigenvalue weighted by Crippen LogP contribution is -2.34. The summed E-state index contributed by atoms with van der Waals surface area (Å²) < 4.78 is 13.2. The van der Waals surface area contributed by atoms with Crippen molar-refractivity contribution in [3.05, 3.63) is 63.9 Å². The van der Waals surface area contributed by atoms with Gasteiger partial charge in [-0.2, -0.15) is 0 Å². The van der Waals surface area contributed by atoms with E-state index in [0.29, 0.717) is 19.0 Å². The Labute approximate surface area is 162 Å². The van der Waals surface area contributed by atoms with E-state index in [4.69, 9.17) is 15.2 Å². The van der Waals surface area contributed by atoms with Crippen molar-refractivity contribution in [1.82, 2.24) is 5.32 Å². The normalized spacial score (nSPS) is 20.7. The molecule has 0 saturated carbocycles. The number of nitrogens with two attached hydrogens (primary N) is 1. The summed E-state index contributed by atoms with van der Waals surface area (Å²) in [6.45, 7) is 7.83. The van der Waals surface area contributed by atoms with Crippen LogP contribution in [0.3, 0.4) is 0 Å². The van der Waals surface area contributed by atoms with Gasteiger partial charge in [-0.25, -0.2) is 0 Å². The van der Waals surface area contributed by atoms with E-state index >= 15 is 0 Å². The molecule has 26 heavy (non-hydrogen) atoms. The van der Waals surface area contributed by atoms with Gasteiger partial charge in [0.15, 0.2) is 0 Å². The van der Waals surface area contributed by atoms with Crippen molar-refractivity contribution in [1.29, 1.82) is 0 Å². The molecule has 1 spiro atoms. The smallest absolute Gasteiger partial charge is 0.132 e. The second kappa shape index (κ2) is 5.95. The van der Waals surface area contributed by atoms with Gasteiger partial charge < -0.3 is 20.5 Å². The van der Waals surface area contributed by atoms with E-state index < -0.39 is 0 Å². The van der Waals surface area contributed by atoms with Crippen molar-refractivity contribution in [3.63, 3.8) is 0 Å². The topological polar surface area (TPSA) is 56.5 Å². The summed E-state index contributed by atoms with van der Waals surface area (Å²) in [7, 11) is 0. The second-order valence-corrected chi connectivity index (χ2v) is 9.09. The minimum absolute atomic E-state index is 0.0980. The Balaban J connectivity index is 1.83. The first-order chi connectivity index (χ1) is 12.3. The summed E-state index contributed by atoms with van der Waals surface area (Å²) >= 11 is 3.58. The summed E-state index contributed by atoms with van der Waals surface area (Å²) in [5, 5.41) is 3.28. The molecule has 4 nitrogen and oxygen atoms in total. The van der Waals surface area contributed by atoms with Gasteiger partial charge in [0.25, 0.3) is 0 Å². The zero-order chi connectivity index (χ0) is 18.5. The van der Waals surface area contributed by atoms with E-state index in [2.05, 4.69) is 60.2 Å². The number of nitrogens with one attached hydrogen (secondary N) is 1. The maximum atomic E-state index is 6.18. The molecule has 0 bridgehead atoms. The molecule has 2 aromatic rings. The van der Waals surface area contributed by atoms with E-state index in [0.717, 1.165) is 32.8 Å². The average Bonchev–Trinajstić information content (AvgIpc) is 2.96. The molecule has 0 aromatic heterocycles. The van der Waals surface area contributed by atoms with Crippen molar-refractivity contribution in [3.8, 4) is 17.2 Å². The Morgan fingerprint density at radius 1 is 1.15 bits per heavy atom. The first kappa shape index (κ1) is 17.3. The van der Waals surface area contributed by atoms with E-state index in [9.17, 15) is 0 Å². The third-order valence-corrected chi connectivity index (χ3v) is 5.21. The number of rotatable bonds is 2. The molecule has 2 aromatic carbocycles. The van der Waals surface area contributed by atoms with Crippen LogP contribution < -0.4 is 20.5 Å². The Morgan fingerprint density at radius 2 is 1.85 bits per heavy atom. The quantitative estimate of drug-likeness (QED) is 0.749. The molecule has 0 saturated heterocycles. The van der Waals surface area contributed by atoms with Crippen molar-refractivity contribution >= 4 is 15.9 Å². The molecule has 2 aliphatic rings. The van der Waals surface area contributed by atoms with Gasteiger partial charge in [0.2, 0.25) is 0 Å². The molecule has 1 atom stereocenters. The van der Waals surface area contributed by atoms with Crippen LogP contribution in [0.2, 0.25) is 0 Å². The van der Waals surface area contributed by atoms with Gasteiger partial charge in [-0.1, -0.05) is 36.7 Å². The largest absolute Gasteiger partial charge is 0.493 e. The van der Waals surface area contributed by atoms with Crippen molar-refractivity contribution in [2.75, 3.05) is 13.2 Å². The first-order valence-corrected chi connectivity index (χ1v) is 9.54. The first-order valence-electron chi connectivity index (χ1n) is 8.74. The molecule has 0 unspecified atom stereocenters. The Morgan fingerprint density at radius 3 is 2.50 bits per heavy atom. The molecular formula is C21H23BrN2O2. The monoisotopic (exact) mass is 414 g/mol. The lowest BCUT2D eigenvalue weighted by molar-refractivity contribution is 0.197. The highest BCUT2D eigenvalue weighted by Crippen LogP contribution is 2.51. The number of benzene rings is 2. The average molecular weight is 415 g/mol. The highest BCUT2D eigenvalue weighted by Gasteiger charge is 2.44. The molecule has 136 valence electrons. The van der Waals surface area contributed by atoms with Gasteiger partial charge in [0.05, 0.1) is 17.8 Å². The minimum Gasteiger partial charge on any atom is -0.493 e. The van der Waals surface area contributed by atoms with Crippen LogP contribution in [0.15, 0.2) is 52.8 Å². The fourth-order valence-corrected chi connectivity index (χ4v) is 3.86. The van der Waals surface area contributed by atoms with E-state index in [1.165, 1.54) is 0 Å². The Bertz CT molecular complexity index is 901. The summed E-state index contributed by atoms with van der Waals surface area (Å²) in [6, 6.07) is 12.1. The van der Waals surface area contributed by atoms with Crippen LogP contribution in [0, 0.1) is 5.41 Å². The number of ether oxygens (including phenoxy) is 2. The van der Waals surface area contributed by atoms with Gasteiger partial charge in [-0.3, -0.25) is 0 Å². The van der Waals surface area contributed by atoms with Gasteiger partial charge in [-0.05, 0) is 47.9 Å². The van der Waals surface area contributed by atoms with Crippen LogP contribution in [0.25, 0.3) is 0 Å². The molecule has 2 aliphatic heterocycles. The summed E-state index contributed by atoms with van der Waals surface area (Å²) in [4.78, 5) is 0. The van der Waals surface area contributed by atoms with E-state index in [-0.39, 0.29) is 10.8 Å². The highest BCUT2D eigenvalue weighted by atomic mass is 79.9. The standard InChI is InChI=1S/C21H23BrN2O2/c1-20(2,3)12-25-14-5-7-18-16(9-14)21(10-19(23)24-11-21)15-8-13(22)4-6-17(15)26-18/h4-10,24H,11-12,23H2,1-3H3/t21-/m0/s1. The fourth-order valence-electron chi connectivity index (χ4n) is 3.49. The van der Waals surface area contributed by atoms with Crippen LogP contribution >= 0.6 is 15.9 Å². The van der Waals surface area contributed by atoms with Crippen molar-refractivity contribution < 1.29 is 9.47 Å². The van der Waals surface area contributed by atoms with Crippen LogP contribution in [0.5, 0.6) is 17.2 Å². The Hall–Kier alpha value is -2.14. The zero-order valence-corrected chi connectivity index (χ0v) is 16.8. The van der Waals surface area contributed by atoms with Crippen molar-refractivity contribution in [2.24, 2.45) is 11.1 Å². The number of hydrogen-bond donors (Lipinski definition) is 2. The molecule has 0 aliphatic carbocycles. The van der Waals surface area contributed by atoms with Crippen molar-refractivity contribution in [2.45, 2.75) is 26.2 Å². The van der Waals surface area contributed by atoms with E-state index in [1.54, 1.807) is 0 Å². The van der Waals surface area contributed by atoms with E-state index in [1.807, 2.05) is 24.3 Å². The van der Waals surface area contributed by atoms with Gasteiger partial charge in [0, 0.05) is 22.1 Å². The SMILES string of the molecule is CC(C)(C)COc1ccc2c(c1)[C@]1(C=C(N)NC1)c1cc(Br)ccc1O2. The van der Waals surface area contributed by atoms with Crippen LogP contribution in [-0.2, 0) is 5.41 Å². The number of hydrogen-bond acceptors (Lipinski definition) is 4. The maximum absolute atomic E-state index is 6.18. The predicted molar refractivity (Wildman–Crippen MR) is 107 cm³/mol. The van der Waals surface area contributed by atoms with Crippen LogP contribution in [0.4, 0.5) is 0 Å². The van der Waals surface area contributed by atoms with Gasteiger partial charge in [0.1, 0.15) is 17.2 Å². The summed E-state index contributed by atoms with van der Waals surface area (Å²) in [5.74, 6) is 3.23.